The van der Waals surface area contributed by atoms with Crippen molar-refractivity contribution in [3.05, 3.63) is 71.3 Å². The van der Waals surface area contributed by atoms with Crippen molar-refractivity contribution >= 4 is 0 Å². The molecule has 0 bridgehead atoms. The summed E-state index contributed by atoms with van der Waals surface area (Å²) in [6.45, 7) is 2.14. The van der Waals surface area contributed by atoms with Crippen LogP contribution < -0.4 is 5.32 Å². The quantitative estimate of drug-likeness (QED) is 0.839. The van der Waals surface area contributed by atoms with Crippen molar-refractivity contribution < 1.29 is 0 Å². The SMILES string of the molecule is CNC(Cc1cccc(C)c1)c1ccccc1. The lowest BCUT2D eigenvalue weighted by molar-refractivity contribution is 0.592. The molecule has 2 rings (SSSR count). The van der Waals surface area contributed by atoms with Gasteiger partial charge in [0.25, 0.3) is 0 Å². The second-order valence-electron chi connectivity index (χ2n) is 4.45. The molecule has 88 valence electrons. The standard InChI is InChI=1S/C16H19N/c1-13-7-6-8-14(11-13)12-16(17-2)15-9-4-3-5-10-15/h3-11,16-17H,12H2,1-2H3. The molecule has 2 aromatic carbocycles. The molecular weight excluding hydrogens is 206 g/mol. The van der Waals surface area contributed by atoms with Crippen LogP contribution in [-0.2, 0) is 6.42 Å². The Morgan fingerprint density at radius 2 is 1.76 bits per heavy atom. The molecule has 0 spiro atoms. The molecule has 0 heterocycles. The summed E-state index contributed by atoms with van der Waals surface area (Å²) in [6.07, 6.45) is 1.03. The second kappa shape index (κ2) is 5.65. The maximum atomic E-state index is 3.39. The minimum atomic E-state index is 0.387. The molecule has 2 aromatic rings. The molecule has 1 unspecified atom stereocenters. The van der Waals surface area contributed by atoms with Gasteiger partial charge in [0.05, 0.1) is 0 Å². The van der Waals surface area contributed by atoms with Crippen LogP contribution in [0, 0.1) is 6.92 Å². The number of hydrogen-bond acceptors (Lipinski definition) is 1. The summed E-state index contributed by atoms with van der Waals surface area (Å²) in [5, 5.41) is 3.39. The van der Waals surface area contributed by atoms with Crippen molar-refractivity contribution in [2.75, 3.05) is 7.05 Å². The van der Waals surface area contributed by atoms with Gasteiger partial charge in [-0.05, 0) is 31.5 Å². The summed E-state index contributed by atoms with van der Waals surface area (Å²) < 4.78 is 0. The van der Waals surface area contributed by atoms with Crippen LogP contribution >= 0.6 is 0 Å². The Balaban J connectivity index is 2.16. The van der Waals surface area contributed by atoms with Crippen LogP contribution in [0.1, 0.15) is 22.7 Å². The predicted molar refractivity (Wildman–Crippen MR) is 73.1 cm³/mol. The van der Waals surface area contributed by atoms with Gasteiger partial charge < -0.3 is 5.32 Å². The predicted octanol–water partition coefficient (Wildman–Crippen LogP) is 3.50. The zero-order chi connectivity index (χ0) is 12.1. The van der Waals surface area contributed by atoms with Gasteiger partial charge in [-0.2, -0.15) is 0 Å². The van der Waals surface area contributed by atoms with E-state index in [1.54, 1.807) is 0 Å². The van der Waals surface area contributed by atoms with E-state index in [0.717, 1.165) is 6.42 Å². The van der Waals surface area contributed by atoms with E-state index in [0.29, 0.717) is 6.04 Å². The molecule has 0 saturated carbocycles. The van der Waals surface area contributed by atoms with Crippen LogP contribution in [0.3, 0.4) is 0 Å². The van der Waals surface area contributed by atoms with Crippen molar-refractivity contribution in [3.63, 3.8) is 0 Å². The fourth-order valence-electron chi connectivity index (χ4n) is 2.15. The Bertz CT molecular complexity index is 462. The van der Waals surface area contributed by atoms with Crippen molar-refractivity contribution in [2.24, 2.45) is 0 Å². The van der Waals surface area contributed by atoms with Crippen LogP contribution in [0.15, 0.2) is 54.6 Å². The van der Waals surface area contributed by atoms with E-state index in [-0.39, 0.29) is 0 Å². The minimum Gasteiger partial charge on any atom is -0.313 e. The third-order valence-corrected chi connectivity index (χ3v) is 3.07. The van der Waals surface area contributed by atoms with Gasteiger partial charge in [-0.1, -0.05) is 60.2 Å². The van der Waals surface area contributed by atoms with E-state index in [1.165, 1.54) is 16.7 Å². The Hall–Kier alpha value is -1.60. The average Bonchev–Trinajstić information content (AvgIpc) is 2.37. The van der Waals surface area contributed by atoms with Crippen molar-refractivity contribution in [1.82, 2.24) is 5.32 Å². The first-order valence-corrected chi connectivity index (χ1v) is 6.07. The monoisotopic (exact) mass is 225 g/mol. The summed E-state index contributed by atoms with van der Waals surface area (Å²) in [5.74, 6) is 0. The van der Waals surface area contributed by atoms with Gasteiger partial charge in [-0.25, -0.2) is 0 Å². The topological polar surface area (TPSA) is 12.0 Å². The summed E-state index contributed by atoms with van der Waals surface area (Å²) in [6, 6.07) is 19.7. The van der Waals surface area contributed by atoms with E-state index in [2.05, 4.69) is 66.8 Å². The molecule has 0 amide bonds. The molecule has 1 heteroatoms. The molecule has 1 nitrogen and oxygen atoms in total. The summed E-state index contributed by atoms with van der Waals surface area (Å²) in [5.41, 5.74) is 4.05. The molecule has 0 aromatic heterocycles. The van der Waals surface area contributed by atoms with Crippen LogP contribution in [-0.4, -0.2) is 7.05 Å². The van der Waals surface area contributed by atoms with E-state index in [4.69, 9.17) is 0 Å². The fraction of sp³-hybridized carbons (Fsp3) is 0.250. The summed E-state index contributed by atoms with van der Waals surface area (Å²) >= 11 is 0. The lowest BCUT2D eigenvalue weighted by atomic mass is 9.98. The van der Waals surface area contributed by atoms with Gasteiger partial charge in [0.15, 0.2) is 0 Å². The van der Waals surface area contributed by atoms with E-state index in [9.17, 15) is 0 Å². The Kier molecular flexibility index (Phi) is 3.94. The molecule has 0 aliphatic heterocycles. The maximum Gasteiger partial charge on any atom is 0.0358 e. The second-order valence-corrected chi connectivity index (χ2v) is 4.45. The molecule has 0 radical (unpaired) electrons. The highest BCUT2D eigenvalue weighted by molar-refractivity contribution is 5.26. The van der Waals surface area contributed by atoms with Gasteiger partial charge in [-0.3, -0.25) is 0 Å². The normalized spacial score (nSPS) is 12.4. The lowest BCUT2D eigenvalue weighted by Crippen LogP contribution is -2.18. The maximum absolute atomic E-state index is 3.39. The minimum absolute atomic E-state index is 0.387. The van der Waals surface area contributed by atoms with Gasteiger partial charge >= 0.3 is 0 Å². The largest absolute Gasteiger partial charge is 0.313 e. The lowest BCUT2D eigenvalue weighted by Gasteiger charge is -2.17. The van der Waals surface area contributed by atoms with E-state index < -0.39 is 0 Å². The molecule has 0 fully saturated rings. The first-order valence-electron chi connectivity index (χ1n) is 6.07. The molecule has 17 heavy (non-hydrogen) atoms. The van der Waals surface area contributed by atoms with Gasteiger partial charge in [-0.15, -0.1) is 0 Å². The number of benzene rings is 2. The number of likely N-dealkylation sites (N-methyl/N-ethyl adjacent to an activating group) is 1. The molecule has 0 aliphatic rings. The van der Waals surface area contributed by atoms with Crippen LogP contribution in [0.2, 0.25) is 0 Å². The summed E-state index contributed by atoms with van der Waals surface area (Å²) in [4.78, 5) is 0. The average molecular weight is 225 g/mol. The zero-order valence-corrected chi connectivity index (χ0v) is 10.5. The van der Waals surface area contributed by atoms with Gasteiger partial charge in [0.1, 0.15) is 0 Å². The number of nitrogens with one attached hydrogen (secondary N) is 1. The van der Waals surface area contributed by atoms with Crippen LogP contribution in [0.4, 0.5) is 0 Å². The van der Waals surface area contributed by atoms with Gasteiger partial charge in [0.2, 0.25) is 0 Å². The number of aryl methyl sites for hydroxylation is 1. The molecule has 1 atom stereocenters. The highest BCUT2D eigenvalue weighted by Gasteiger charge is 2.09. The summed E-state index contributed by atoms with van der Waals surface area (Å²) in [7, 11) is 2.02. The van der Waals surface area contributed by atoms with Crippen LogP contribution in [0.5, 0.6) is 0 Å². The van der Waals surface area contributed by atoms with Crippen LogP contribution in [0.25, 0.3) is 0 Å². The Labute approximate surface area is 103 Å². The highest BCUT2D eigenvalue weighted by atomic mass is 14.9. The van der Waals surface area contributed by atoms with Crippen molar-refractivity contribution in [1.29, 1.82) is 0 Å². The Morgan fingerprint density at radius 3 is 2.41 bits per heavy atom. The molecular formula is C16H19N. The van der Waals surface area contributed by atoms with Crippen molar-refractivity contribution in [3.8, 4) is 0 Å². The smallest absolute Gasteiger partial charge is 0.0358 e. The Morgan fingerprint density at radius 1 is 1.00 bits per heavy atom. The number of hydrogen-bond donors (Lipinski definition) is 1. The van der Waals surface area contributed by atoms with Crippen molar-refractivity contribution in [2.45, 2.75) is 19.4 Å². The molecule has 0 saturated heterocycles. The molecule has 0 aliphatic carbocycles. The first kappa shape index (κ1) is 11.9. The van der Waals surface area contributed by atoms with E-state index >= 15 is 0 Å². The highest BCUT2D eigenvalue weighted by Crippen LogP contribution is 2.18. The third kappa shape index (κ3) is 3.18. The zero-order valence-electron chi connectivity index (χ0n) is 10.5. The van der Waals surface area contributed by atoms with E-state index in [1.807, 2.05) is 7.05 Å². The third-order valence-electron chi connectivity index (χ3n) is 3.07. The first-order chi connectivity index (χ1) is 8.29. The fourth-order valence-corrected chi connectivity index (χ4v) is 2.15. The number of rotatable bonds is 4. The van der Waals surface area contributed by atoms with Gasteiger partial charge in [0, 0.05) is 6.04 Å². The molecule has 1 N–H and O–H groups in total.